The number of fused-ring (bicyclic) bond motifs is 5. The number of anilines is 1. The van der Waals surface area contributed by atoms with Crippen LogP contribution in [-0.2, 0) is 6.54 Å². The molecule has 0 radical (unpaired) electrons. The fraction of sp³-hybridized carbons (Fsp3) is 0.222. The van der Waals surface area contributed by atoms with Gasteiger partial charge in [-0.15, -0.1) is 0 Å². The van der Waals surface area contributed by atoms with E-state index in [1.807, 2.05) is 0 Å². The Labute approximate surface area is 149 Å². The van der Waals surface area contributed by atoms with Gasteiger partial charge in [-0.25, -0.2) is 14.4 Å². The van der Waals surface area contributed by atoms with Gasteiger partial charge in [0.2, 0.25) is 0 Å². The summed E-state index contributed by atoms with van der Waals surface area (Å²) in [6.07, 6.45) is 1.45. The van der Waals surface area contributed by atoms with Gasteiger partial charge in [-0.1, -0.05) is 24.2 Å². The molecule has 3 aromatic rings. The summed E-state index contributed by atoms with van der Waals surface area (Å²) in [6.45, 7) is 8.60. The number of nitrogens with one attached hydrogen (secondary N) is 1. The summed E-state index contributed by atoms with van der Waals surface area (Å²) >= 11 is 6.00. The van der Waals surface area contributed by atoms with Gasteiger partial charge in [0.05, 0.1) is 17.0 Å². The molecule has 0 unspecified atom stereocenters. The van der Waals surface area contributed by atoms with Gasteiger partial charge in [0, 0.05) is 28.6 Å². The molecule has 0 amide bonds. The van der Waals surface area contributed by atoms with Gasteiger partial charge in [0.15, 0.2) is 5.82 Å². The maximum absolute atomic E-state index is 14.8. The monoisotopic (exact) mass is 357 g/mol. The van der Waals surface area contributed by atoms with Crippen LogP contribution in [0.5, 0.6) is 0 Å². The lowest BCUT2D eigenvalue weighted by atomic mass is 9.97. The van der Waals surface area contributed by atoms with Crippen LogP contribution in [-0.4, -0.2) is 14.5 Å². The maximum Gasteiger partial charge on any atom is 0.151 e. The van der Waals surface area contributed by atoms with Crippen molar-refractivity contribution in [3.63, 3.8) is 0 Å². The molecule has 128 valence electrons. The number of nitrogens with zero attached hydrogens (tertiary/aromatic N) is 3. The van der Waals surface area contributed by atoms with Gasteiger partial charge < -0.3 is 15.6 Å². The van der Waals surface area contributed by atoms with Gasteiger partial charge in [0.25, 0.3) is 0 Å². The van der Waals surface area contributed by atoms with E-state index in [2.05, 4.69) is 40.3 Å². The number of hydrogen-bond acceptors (Lipinski definition) is 4. The summed E-state index contributed by atoms with van der Waals surface area (Å²) < 4.78 is 16.9. The van der Waals surface area contributed by atoms with Crippen molar-refractivity contribution in [3.8, 4) is 11.1 Å². The highest BCUT2D eigenvalue weighted by Gasteiger charge is 2.29. The van der Waals surface area contributed by atoms with E-state index in [4.69, 9.17) is 17.3 Å². The van der Waals surface area contributed by atoms with Gasteiger partial charge in [-0.2, -0.15) is 0 Å². The highest BCUT2D eigenvalue weighted by molar-refractivity contribution is 6.31. The normalized spacial score (nSPS) is 13.6. The van der Waals surface area contributed by atoms with E-state index in [-0.39, 0.29) is 11.1 Å². The molecule has 1 aliphatic heterocycles. The summed E-state index contributed by atoms with van der Waals surface area (Å²) in [4.78, 5) is 8.57. The lowest BCUT2D eigenvalue weighted by Crippen LogP contribution is -2.15. The second kappa shape index (κ2) is 5.46. The van der Waals surface area contributed by atoms with E-state index in [9.17, 15) is 4.39 Å². The zero-order valence-electron chi connectivity index (χ0n) is 13.9. The average Bonchev–Trinajstić information content (AvgIpc) is 2.83. The second-order valence-electron chi connectivity index (χ2n) is 6.36. The molecule has 3 N–H and O–H groups in total. The third-order valence-corrected chi connectivity index (χ3v) is 4.86. The Balaban J connectivity index is 2.22. The average molecular weight is 358 g/mol. The summed E-state index contributed by atoms with van der Waals surface area (Å²) in [5, 5.41) is 3.98. The van der Waals surface area contributed by atoms with Crippen molar-refractivity contribution < 1.29 is 4.39 Å². The van der Waals surface area contributed by atoms with Crippen LogP contribution in [0.4, 0.5) is 10.2 Å². The molecule has 2 aromatic heterocycles. The Hall–Kier alpha value is -2.60. The van der Waals surface area contributed by atoms with Gasteiger partial charge in [-0.05, 0) is 25.5 Å². The molecule has 0 atom stereocenters. The van der Waals surface area contributed by atoms with E-state index < -0.39 is 5.82 Å². The van der Waals surface area contributed by atoms with Gasteiger partial charge in [-0.3, -0.25) is 0 Å². The predicted molar refractivity (Wildman–Crippen MR) is 98.6 cm³/mol. The summed E-state index contributed by atoms with van der Waals surface area (Å²) in [6, 6.07) is 3.50. The van der Waals surface area contributed by atoms with Crippen LogP contribution >= 0.6 is 11.6 Å². The number of rotatable bonds is 1. The number of halogens is 2. The van der Waals surface area contributed by atoms with Crippen LogP contribution in [0.1, 0.15) is 31.1 Å². The van der Waals surface area contributed by atoms with Gasteiger partial charge >= 0.3 is 0 Å². The van der Waals surface area contributed by atoms with Crippen molar-refractivity contribution in [2.75, 3.05) is 5.73 Å². The number of hydrogen-bond donors (Lipinski definition) is 2. The van der Waals surface area contributed by atoms with Crippen LogP contribution in [0.15, 0.2) is 25.0 Å². The molecule has 3 heterocycles. The molecule has 0 saturated carbocycles. The van der Waals surface area contributed by atoms with Gasteiger partial charge in [0.1, 0.15) is 17.8 Å². The first-order valence-corrected chi connectivity index (χ1v) is 8.34. The minimum Gasteiger partial charge on any atom is -0.383 e. The lowest BCUT2D eigenvalue weighted by Gasteiger charge is -2.14. The molecular formula is C18H17ClFN5. The second-order valence-corrected chi connectivity index (χ2v) is 6.77. The molecule has 0 bridgehead atoms. The Morgan fingerprint density at radius 2 is 2.08 bits per heavy atom. The van der Waals surface area contributed by atoms with Crippen LogP contribution in [0.25, 0.3) is 27.9 Å². The standard InChI is InChI=1S/C18H17ClFN5/c1-8(2)25-12-6-22-9(3)13-10(4-5-11(19)16(13)20)14(12)15-17(21)23-7-24-18(15)25/h4-5,7-8,22H,3,6H2,1-2H3,(H2,21,23,24). The minimum absolute atomic E-state index is 0.0574. The number of benzene rings is 1. The smallest absolute Gasteiger partial charge is 0.151 e. The van der Waals surface area contributed by atoms with Crippen molar-refractivity contribution in [3.05, 3.63) is 47.1 Å². The molecule has 0 spiro atoms. The van der Waals surface area contributed by atoms with Crippen LogP contribution in [0, 0.1) is 5.82 Å². The molecule has 4 rings (SSSR count). The fourth-order valence-corrected chi connectivity index (χ4v) is 3.71. The summed E-state index contributed by atoms with van der Waals surface area (Å²) in [7, 11) is 0. The van der Waals surface area contributed by atoms with Crippen LogP contribution in [0.3, 0.4) is 0 Å². The largest absolute Gasteiger partial charge is 0.383 e. The van der Waals surface area contributed by atoms with E-state index in [1.54, 1.807) is 12.1 Å². The molecule has 0 saturated heterocycles. The first kappa shape index (κ1) is 15.9. The third-order valence-electron chi connectivity index (χ3n) is 4.57. The van der Waals surface area contributed by atoms with E-state index in [0.717, 1.165) is 22.3 Å². The molecule has 5 nitrogen and oxygen atoms in total. The van der Waals surface area contributed by atoms with E-state index in [0.29, 0.717) is 29.2 Å². The maximum atomic E-state index is 14.8. The van der Waals surface area contributed by atoms with E-state index >= 15 is 0 Å². The number of aromatic nitrogens is 3. The number of nitrogens with two attached hydrogens (primary N) is 1. The molecule has 0 aliphatic carbocycles. The summed E-state index contributed by atoms with van der Waals surface area (Å²) in [5.41, 5.74) is 10.3. The SMILES string of the molecule is C=C1NCc2c(c3c(N)ncnc3n2C(C)C)-c2ccc(Cl)c(F)c21. The minimum atomic E-state index is -0.495. The van der Waals surface area contributed by atoms with Crippen molar-refractivity contribution in [2.24, 2.45) is 0 Å². The predicted octanol–water partition coefficient (Wildman–Crippen LogP) is 4.13. The van der Waals surface area contributed by atoms with Crippen molar-refractivity contribution >= 4 is 34.1 Å². The Morgan fingerprint density at radius 3 is 2.80 bits per heavy atom. The van der Waals surface area contributed by atoms with E-state index in [1.165, 1.54) is 6.33 Å². The molecule has 1 aliphatic rings. The third kappa shape index (κ3) is 2.14. The molecule has 7 heteroatoms. The highest BCUT2D eigenvalue weighted by Crippen LogP contribution is 2.44. The zero-order chi connectivity index (χ0) is 17.9. The first-order valence-electron chi connectivity index (χ1n) is 7.96. The molecule has 1 aromatic carbocycles. The van der Waals surface area contributed by atoms with Crippen molar-refractivity contribution in [1.29, 1.82) is 0 Å². The zero-order valence-corrected chi connectivity index (χ0v) is 14.7. The Bertz CT molecular complexity index is 1040. The summed E-state index contributed by atoms with van der Waals surface area (Å²) in [5.74, 6) is -0.125. The molecular weight excluding hydrogens is 341 g/mol. The lowest BCUT2D eigenvalue weighted by molar-refractivity contribution is 0.584. The fourth-order valence-electron chi connectivity index (χ4n) is 3.56. The van der Waals surface area contributed by atoms with Crippen molar-refractivity contribution in [2.45, 2.75) is 26.4 Å². The molecule has 0 fully saturated rings. The quantitative estimate of drug-likeness (QED) is 0.687. The number of nitrogen functional groups attached to an aromatic ring is 1. The Kier molecular flexibility index (Phi) is 3.47. The van der Waals surface area contributed by atoms with Crippen LogP contribution < -0.4 is 11.1 Å². The molecule has 25 heavy (non-hydrogen) atoms. The van der Waals surface area contributed by atoms with Crippen molar-refractivity contribution in [1.82, 2.24) is 19.9 Å². The first-order chi connectivity index (χ1) is 11.9. The highest BCUT2D eigenvalue weighted by atomic mass is 35.5. The Morgan fingerprint density at radius 1 is 1.32 bits per heavy atom. The van der Waals surface area contributed by atoms with Crippen LogP contribution in [0.2, 0.25) is 5.02 Å². The topological polar surface area (TPSA) is 68.8 Å².